The van der Waals surface area contributed by atoms with E-state index in [1.165, 1.54) is 17.4 Å². The highest BCUT2D eigenvalue weighted by Gasteiger charge is 2.10. The third-order valence-electron chi connectivity index (χ3n) is 4.07. The van der Waals surface area contributed by atoms with Gasteiger partial charge in [0, 0.05) is 17.0 Å². The minimum atomic E-state index is -0.429. The van der Waals surface area contributed by atoms with E-state index >= 15 is 0 Å². The van der Waals surface area contributed by atoms with Crippen LogP contribution in [0.3, 0.4) is 0 Å². The number of ether oxygens (including phenoxy) is 4. The van der Waals surface area contributed by atoms with Crippen LogP contribution in [0.15, 0.2) is 53.9 Å². The fourth-order valence-corrected chi connectivity index (χ4v) is 3.35. The average Bonchev–Trinajstić information content (AvgIpc) is 3.25. The summed E-state index contributed by atoms with van der Waals surface area (Å²) in [5.74, 6) is 1.63. The number of aromatic nitrogens is 1. The monoisotopic (exact) mass is 411 g/mol. The van der Waals surface area contributed by atoms with E-state index in [-0.39, 0.29) is 6.61 Å². The van der Waals surface area contributed by atoms with Crippen LogP contribution in [-0.4, -0.2) is 32.3 Å². The summed E-state index contributed by atoms with van der Waals surface area (Å²) in [6, 6.07) is 13.0. The molecule has 0 spiro atoms. The lowest BCUT2D eigenvalue weighted by atomic mass is 10.2. The van der Waals surface area contributed by atoms with Gasteiger partial charge in [0.05, 0.1) is 27.0 Å². The summed E-state index contributed by atoms with van der Waals surface area (Å²) in [5.41, 5.74) is 2.47. The molecule has 6 nitrogen and oxygen atoms in total. The molecule has 1 heterocycles. The zero-order valence-electron chi connectivity index (χ0n) is 16.4. The van der Waals surface area contributed by atoms with E-state index in [1.807, 2.05) is 47.8 Å². The van der Waals surface area contributed by atoms with Crippen LogP contribution in [0.25, 0.3) is 16.6 Å². The number of nitrogens with zero attached hydrogens (tertiary/aromatic N) is 1. The summed E-state index contributed by atoms with van der Waals surface area (Å²) in [4.78, 5) is 16.5. The third kappa shape index (κ3) is 5.36. The number of thiazole rings is 1. The number of carbonyl (C=O) groups is 1. The van der Waals surface area contributed by atoms with Crippen molar-refractivity contribution in [2.24, 2.45) is 0 Å². The molecule has 0 amide bonds. The first-order valence-electron chi connectivity index (χ1n) is 8.78. The maximum atomic E-state index is 12.0. The third-order valence-corrected chi connectivity index (χ3v) is 5.01. The number of benzene rings is 2. The molecule has 0 saturated carbocycles. The average molecular weight is 411 g/mol. The first-order chi connectivity index (χ1) is 14.1. The molecule has 0 atom stereocenters. The number of methoxy groups -OCH3 is 3. The highest BCUT2D eigenvalue weighted by Crippen LogP contribution is 2.33. The highest BCUT2D eigenvalue weighted by molar-refractivity contribution is 7.13. The lowest BCUT2D eigenvalue weighted by molar-refractivity contribution is -0.139. The predicted octanol–water partition coefficient (Wildman–Crippen LogP) is 4.59. The van der Waals surface area contributed by atoms with Crippen molar-refractivity contribution in [1.29, 1.82) is 0 Å². The van der Waals surface area contributed by atoms with E-state index in [4.69, 9.17) is 18.9 Å². The van der Waals surface area contributed by atoms with Gasteiger partial charge in [0.2, 0.25) is 0 Å². The Balaban J connectivity index is 1.58. The fraction of sp³-hybridized carbons (Fsp3) is 0.182. The minimum Gasteiger partial charge on any atom is -0.497 e. The van der Waals surface area contributed by atoms with Gasteiger partial charge in [0.1, 0.15) is 17.4 Å². The molecule has 0 aliphatic carbocycles. The van der Waals surface area contributed by atoms with Crippen molar-refractivity contribution in [3.8, 4) is 27.8 Å². The van der Waals surface area contributed by atoms with Crippen LogP contribution in [0.2, 0.25) is 0 Å². The van der Waals surface area contributed by atoms with Crippen LogP contribution in [0, 0.1) is 0 Å². The largest absolute Gasteiger partial charge is 0.497 e. The molecule has 0 bridgehead atoms. The smallest absolute Gasteiger partial charge is 0.331 e. The molecule has 29 heavy (non-hydrogen) atoms. The van der Waals surface area contributed by atoms with Crippen LogP contribution >= 0.6 is 11.3 Å². The maximum absolute atomic E-state index is 12.0. The molecule has 3 rings (SSSR count). The van der Waals surface area contributed by atoms with Crippen LogP contribution < -0.4 is 14.2 Å². The number of esters is 1. The van der Waals surface area contributed by atoms with Crippen molar-refractivity contribution in [3.05, 3.63) is 65.2 Å². The van der Waals surface area contributed by atoms with Gasteiger partial charge in [-0.3, -0.25) is 0 Å². The van der Waals surface area contributed by atoms with Gasteiger partial charge < -0.3 is 18.9 Å². The first kappa shape index (κ1) is 20.4. The number of carbonyl (C=O) groups excluding carboxylic acids is 1. The van der Waals surface area contributed by atoms with E-state index in [1.54, 1.807) is 27.4 Å². The molecule has 150 valence electrons. The standard InChI is InChI=1S/C22H21NO5S/c1-25-18-8-4-15(5-9-18)6-11-21(24)28-13-17-14-29-22(23-17)16-7-10-19(26-2)20(12-16)27-3/h4-12,14H,13H2,1-3H3/b11-6+. The van der Waals surface area contributed by atoms with Crippen molar-refractivity contribution in [1.82, 2.24) is 4.98 Å². The summed E-state index contributed by atoms with van der Waals surface area (Å²) < 4.78 is 21.0. The number of hydrogen-bond donors (Lipinski definition) is 0. The van der Waals surface area contributed by atoms with Gasteiger partial charge in [-0.2, -0.15) is 0 Å². The highest BCUT2D eigenvalue weighted by atomic mass is 32.1. The molecule has 3 aromatic rings. The molecule has 0 aliphatic heterocycles. The van der Waals surface area contributed by atoms with E-state index in [2.05, 4.69) is 4.98 Å². The van der Waals surface area contributed by atoms with E-state index in [0.29, 0.717) is 17.2 Å². The molecule has 0 saturated heterocycles. The molecule has 1 aromatic heterocycles. The minimum absolute atomic E-state index is 0.107. The molecule has 0 N–H and O–H groups in total. The summed E-state index contributed by atoms with van der Waals surface area (Å²) in [6.07, 6.45) is 3.08. The summed E-state index contributed by atoms with van der Waals surface area (Å²) >= 11 is 1.47. The van der Waals surface area contributed by atoms with Gasteiger partial charge >= 0.3 is 5.97 Å². The van der Waals surface area contributed by atoms with Crippen LogP contribution in [0.1, 0.15) is 11.3 Å². The van der Waals surface area contributed by atoms with Crippen molar-refractivity contribution < 1.29 is 23.7 Å². The van der Waals surface area contributed by atoms with Gasteiger partial charge in [0.15, 0.2) is 11.5 Å². The Labute approximate surface area is 173 Å². The van der Waals surface area contributed by atoms with Crippen LogP contribution in [-0.2, 0) is 16.1 Å². The van der Waals surface area contributed by atoms with Crippen molar-refractivity contribution >= 4 is 23.4 Å². The molecule has 0 radical (unpaired) electrons. The first-order valence-corrected chi connectivity index (χ1v) is 9.66. The molecular formula is C22H21NO5S. The van der Waals surface area contributed by atoms with Gasteiger partial charge in [-0.05, 0) is 42.0 Å². The number of hydrogen-bond acceptors (Lipinski definition) is 7. The Bertz CT molecular complexity index is 995. The SMILES string of the molecule is COc1ccc(/C=C/C(=O)OCc2csc(-c3ccc(OC)c(OC)c3)n2)cc1. The lowest BCUT2D eigenvalue weighted by Crippen LogP contribution is -2.01. The second-order valence-corrected chi connectivity index (χ2v) is 6.79. The zero-order valence-corrected chi connectivity index (χ0v) is 17.2. The van der Waals surface area contributed by atoms with Gasteiger partial charge in [0.25, 0.3) is 0 Å². The molecule has 0 fully saturated rings. The lowest BCUT2D eigenvalue weighted by Gasteiger charge is -2.08. The van der Waals surface area contributed by atoms with Crippen LogP contribution in [0.4, 0.5) is 0 Å². The topological polar surface area (TPSA) is 66.9 Å². The zero-order chi connectivity index (χ0) is 20.6. The molecule has 0 unspecified atom stereocenters. The second kappa shape index (κ2) is 9.75. The molecular weight excluding hydrogens is 390 g/mol. The molecule has 2 aromatic carbocycles. The maximum Gasteiger partial charge on any atom is 0.331 e. The Morgan fingerprint density at radius 1 is 1.00 bits per heavy atom. The molecule has 7 heteroatoms. The van der Waals surface area contributed by atoms with Gasteiger partial charge in [-0.25, -0.2) is 9.78 Å². The Morgan fingerprint density at radius 3 is 2.45 bits per heavy atom. The Hall–Kier alpha value is -3.32. The normalized spacial score (nSPS) is 10.7. The number of rotatable bonds is 8. The quantitative estimate of drug-likeness (QED) is 0.399. The van der Waals surface area contributed by atoms with Gasteiger partial charge in [-0.15, -0.1) is 11.3 Å². The fourth-order valence-electron chi connectivity index (χ4n) is 2.55. The summed E-state index contributed by atoms with van der Waals surface area (Å²) in [5, 5.41) is 2.68. The van der Waals surface area contributed by atoms with Gasteiger partial charge in [-0.1, -0.05) is 12.1 Å². The Kier molecular flexibility index (Phi) is 6.86. The van der Waals surface area contributed by atoms with E-state index in [0.717, 1.165) is 21.9 Å². The summed E-state index contributed by atoms with van der Waals surface area (Å²) in [7, 11) is 4.79. The molecule has 0 aliphatic rings. The van der Waals surface area contributed by atoms with Crippen molar-refractivity contribution in [2.45, 2.75) is 6.61 Å². The van der Waals surface area contributed by atoms with E-state index < -0.39 is 5.97 Å². The van der Waals surface area contributed by atoms with Crippen molar-refractivity contribution in [2.75, 3.05) is 21.3 Å². The summed E-state index contributed by atoms with van der Waals surface area (Å²) in [6.45, 7) is 0.107. The second-order valence-electron chi connectivity index (χ2n) is 5.93. The predicted molar refractivity (Wildman–Crippen MR) is 112 cm³/mol. The van der Waals surface area contributed by atoms with Crippen LogP contribution in [0.5, 0.6) is 17.2 Å². The Morgan fingerprint density at radius 2 is 1.76 bits per heavy atom. The van der Waals surface area contributed by atoms with Crippen molar-refractivity contribution in [3.63, 3.8) is 0 Å². The van der Waals surface area contributed by atoms with E-state index in [9.17, 15) is 4.79 Å².